The SMILES string of the molecule is CC(C)CC(C)(O)CNCCCCc1ccccc1. The van der Waals surface area contributed by atoms with Crippen molar-refractivity contribution in [3.05, 3.63) is 35.9 Å². The van der Waals surface area contributed by atoms with Crippen molar-refractivity contribution < 1.29 is 5.11 Å². The van der Waals surface area contributed by atoms with Crippen molar-refractivity contribution in [3.63, 3.8) is 0 Å². The summed E-state index contributed by atoms with van der Waals surface area (Å²) >= 11 is 0. The van der Waals surface area contributed by atoms with Gasteiger partial charge in [-0.2, -0.15) is 0 Å². The average molecular weight is 263 g/mol. The van der Waals surface area contributed by atoms with Gasteiger partial charge in [0.25, 0.3) is 0 Å². The van der Waals surface area contributed by atoms with Gasteiger partial charge in [0.1, 0.15) is 0 Å². The number of hydrogen-bond donors (Lipinski definition) is 2. The Kier molecular flexibility index (Phi) is 7.11. The molecule has 108 valence electrons. The molecule has 0 bridgehead atoms. The predicted octanol–water partition coefficient (Wildman–Crippen LogP) is 3.40. The zero-order valence-corrected chi connectivity index (χ0v) is 12.7. The molecule has 0 aliphatic carbocycles. The highest BCUT2D eigenvalue weighted by Gasteiger charge is 2.20. The minimum absolute atomic E-state index is 0.537. The number of hydrogen-bond acceptors (Lipinski definition) is 2. The van der Waals surface area contributed by atoms with Gasteiger partial charge in [-0.25, -0.2) is 0 Å². The van der Waals surface area contributed by atoms with Crippen molar-refractivity contribution in [2.45, 2.75) is 52.1 Å². The second-order valence-electron chi connectivity index (χ2n) is 6.21. The van der Waals surface area contributed by atoms with Crippen molar-refractivity contribution in [2.24, 2.45) is 5.92 Å². The van der Waals surface area contributed by atoms with E-state index in [1.165, 1.54) is 12.0 Å². The molecule has 1 rings (SSSR count). The molecule has 0 radical (unpaired) electrons. The van der Waals surface area contributed by atoms with E-state index in [9.17, 15) is 5.11 Å². The first-order chi connectivity index (χ1) is 8.99. The maximum atomic E-state index is 10.2. The minimum Gasteiger partial charge on any atom is -0.389 e. The molecular weight excluding hydrogens is 234 g/mol. The largest absolute Gasteiger partial charge is 0.389 e. The Bertz CT molecular complexity index is 332. The first-order valence-corrected chi connectivity index (χ1v) is 7.47. The number of benzene rings is 1. The molecule has 0 fully saturated rings. The van der Waals surface area contributed by atoms with E-state index in [1.807, 2.05) is 6.92 Å². The highest BCUT2D eigenvalue weighted by Crippen LogP contribution is 2.15. The Balaban J connectivity index is 2.05. The van der Waals surface area contributed by atoms with Crippen LogP contribution >= 0.6 is 0 Å². The van der Waals surface area contributed by atoms with Gasteiger partial charge in [0.2, 0.25) is 0 Å². The van der Waals surface area contributed by atoms with Gasteiger partial charge >= 0.3 is 0 Å². The highest BCUT2D eigenvalue weighted by atomic mass is 16.3. The van der Waals surface area contributed by atoms with Gasteiger partial charge in [-0.05, 0) is 50.6 Å². The third-order valence-corrected chi connectivity index (χ3v) is 3.27. The molecule has 0 saturated carbocycles. The number of aliphatic hydroxyl groups is 1. The summed E-state index contributed by atoms with van der Waals surface area (Å²) < 4.78 is 0. The van der Waals surface area contributed by atoms with Crippen LogP contribution in [0.15, 0.2) is 30.3 Å². The average Bonchev–Trinajstić information content (AvgIpc) is 2.33. The zero-order valence-electron chi connectivity index (χ0n) is 12.7. The van der Waals surface area contributed by atoms with E-state index in [1.54, 1.807) is 0 Å². The second-order valence-corrected chi connectivity index (χ2v) is 6.21. The lowest BCUT2D eigenvalue weighted by molar-refractivity contribution is 0.0387. The van der Waals surface area contributed by atoms with Gasteiger partial charge < -0.3 is 10.4 Å². The lowest BCUT2D eigenvalue weighted by atomic mass is 9.94. The van der Waals surface area contributed by atoms with E-state index in [4.69, 9.17) is 0 Å². The summed E-state index contributed by atoms with van der Waals surface area (Å²) in [6, 6.07) is 10.6. The van der Waals surface area contributed by atoms with E-state index in [-0.39, 0.29) is 0 Å². The number of nitrogens with one attached hydrogen (secondary N) is 1. The summed E-state index contributed by atoms with van der Waals surface area (Å²) in [6.07, 6.45) is 4.35. The fourth-order valence-corrected chi connectivity index (χ4v) is 2.53. The quantitative estimate of drug-likeness (QED) is 0.669. The van der Waals surface area contributed by atoms with Crippen LogP contribution in [-0.2, 0) is 6.42 Å². The fourth-order valence-electron chi connectivity index (χ4n) is 2.53. The van der Waals surface area contributed by atoms with Crippen LogP contribution in [0.25, 0.3) is 0 Å². The van der Waals surface area contributed by atoms with Gasteiger partial charge in [0.15, 0.2) is 0 Å². The smallest absolute Gasteiger partial charge is 0.0746 e. The van der Waals surface area contributed by atoms with Crippen molar-refractivity contribution in [2.75, 3.05) is 13.1 Å². The molecule has 2 N–H and O–H groups in total. The molecule has 19 heavy (non-hydrogen) atoms. The van der Waals surface area contributed by atoms with Crippen molar-refractivity contribution in [1.82, 2.24) is 5.32 Å². The van der Waals surface area contributed by atoms with Crippen molar-refractivity contribution >= 4 is 0 Å². The molecular formula is C17H29NO. The van der Waals surface area contributed by atoms with Crippen LogP contribution in [0.4, 0.5) is 0 Å². The number of rotatable bonds is 9. The maximum Gasteiger partial charge on any atom is 0.0746 e. The van der Waals surface area contributed by atoms with Crippen LogP contribution in [0, 0.1) is 5.92 Å². The molecule has 0 spiro atoms. The molecule has 2 nitrogen and oxygen atoms in total. The van der Waals surface area contributed by atoms with Crippen LogP contribution in [0.3, 0.4) is 0 Å². The predicted molar refractivity (Wildman–Crippen MR) is 82.3 cm³/mol. The van der Waals surface area contributed by atoms with Crippen LogP contribution in [-0.4, -0.2) is 23.8 Å². The second kappa shape index (κ2) is 8.34. The normalized spacial score (nSPS) is 14.6. The minimum atomic E-state index is -0.576. The standard InChI is InChI=1S/C17H29NO/c1-15(2)13-17(3,19)14-18-12-8-7-11-16-9-5-4-6-10-16/h4-6,9-10,15,18-19H,7-8,11-14H2,1-3H3. The molecule has 2 heteroatoms. The zero-order chi connectivity index (χ0) is 14.1. The molecule has 0 aliphatic heterocycles. The van der Waals surface area contributed by atoms with Gasteiger partial charge in [-0.15, -0.1) is 0 Å². The third kappa shape index (κ3) is 8.02. The van der Waals surface area contributed by atoms with E-state index in [0.29, 0.717) is 12.5 Å². The number of aryl methyl sites for hydroxylation is 1. The summed E-state index contributed by atoms with van der Waals surface area (Å²) in [6.45, 7) is 7.89. The summed E-state index contributed by atoms with van der Waals surface area (Å²) in [5, 5.41) is 13.5. The van der Waals surface area contributed by atoms with E-state index in [2.05, 4.69) is 49.5 Å². The molecule has 1 unspecified atom stereocenters. The lowest BCUT2D eigenvalue weighted by Crippen LogP contribution is -2.39. The maximum absolute atomic E-state index is 10.2. The molecule has 0 amide bonds. The van der Waals surface area contributed by atoms with E-state index >= 15 is 0 Å². The first-order valence-electron chi connectivity index (χ1n) is 7.47. The molecule has 0 saturated heterocycles. The third-order valence-electron chi connectivity index (χ3n) is 3.27. The molecule has 0 aromatic heterocycles. The molecule has 1 aromatic carbocycles. The van der Waals surface area contributed by atoms with Gasteiger partial charge in [-0.1, -0.05) is 44.2 Å². The molecule has 0 aliphatic rings. The number of unbranched alkanes of at least 4 members (excludes halogenated alkanes) is 1. The Morgan fingerprint density at radius 2 is 1.84 bits per heavy atom. The highest BCUT2D eigenvalue weighted by molar-refractivity contribution is 5.14. The summed E-state index contributed by atoms with van der Waals surface area (Å²) in [5.41, 5.74) is 0.836. The van der Waals surface area contributed by atoms with Crippen molar-refractivity contribution in [1.29, 1.82) is 0 Å². The van der Waals surface area contributed by atoms with Crippen molar-refractivity contribution in [3.8, 4) is 0 Å². The van der Waals surface area contributed by atoms with E-state index in [0.717, 1.165) is 25.8 Å². The molecule has 1 atom stereocenters. The van der Waals surface area contributed by atoms with Gasteiger partial charge in [0.05, 0.1) is 5.60 Å². The Hall–Kier alpha value is -0.860. The van der Waals surface area contributed by atoms with Crippen LogP contribution < -0.4 is 5.32 Å². The van der Waals surface area contributed by atoms with E-state index < -0.39 is 5.60 Å². The first kappa shape index (κ1) is 16.2. The Labute approximate surface area is 118 Å². The summed E-state index contributed by atoms with van der Waals surface area (Å²) in [4.78, 5) is 0. The van der Waals surface area contributed by atoms with Crippen LogP contribution in [0.2, 0.25) is 0 Å². The molecule has 0 heterocycles. The topological polar surface area (TPSA) is 32.3 Å². The van der Waals surface area contributed by atoms with Gasteiger partial charge in [-0.3, -0.25) is 0 Å². The lowest BCUT2D eigenvalue weighted by Gasteiger charge is -2.25. The monoisotopic (exact) mass is 263 g/mol. The summed E-state index contributed by atoms with van der Waals surface area (Å²) in [7, 11) is 0. The Morgan fingerprint density at radius 1 is 1.16 bits per heavy atom. The summed E-state index contributed by atoms with van der Waals surface area (Å²) in [5.74, 6) is 0.537. The Morgan fingerprint density at radius 3 is 2.47 bits per heavy atom. The fraction of sp³-hybridized carbons (Fsp3) is 0.647. The van der Waals surface area contributed by atoms with Crippen LogP contribution in [0.1, 0.15) is 45.6 Å². The van der Waals surface area contributed by atoms with Crippen LogP contribution in [0.5, 0.6) is 0 Å². The van der Waals surface area contributed by atoms with Gasteiger partial charge in [0, 0.05) is 6.54 Å². The molecule has 1 aromatic rings.